The summed E-state index contributed by atoms with van der Waals surface area (Å²) in [6.45, 7) is 2.91. The van der Waals surface area contributed by atoms with Gasteiger partial charge in [-0.15, -0.1) is 0 Å². The van der Waals surface area contributed by atoms with Gasteiger partial charge in [0.05, 0.1) is 6.10 Å². The summed E-state index contributed by atoms with van der Waals surface area (Å²) < 4.78 is 0. The summed E-state index contributed by atoms with van der Waals surface area (Å²) >= 11 is 0. The third kappa shape index (κ3) is 6.74. The zero-order valence-electron chi connectivity index (χ0n) is 15.1. The third-order valence-electron chi connectivity index (χ3n) is 5.01. The Kier molecular flexibility index (Phi) is 8.48. The topological polar surface area (TPSA) is 49.3 Å². The molecule has 0 amide bonds. The van der Waals surface area contributed by atoms with E-state index in [1.54, 1.807) is 0 Å². The van der Waals surface area contributed by atoms with Gasteiger partial charge in [0.2, 0.25) is 0 Å². The van der Waals surface area contributed by atoms with Gasteiger partial charge in [-0.3, -0.25) is 4.79 Å². The van der Waals surface area contributed by atoms with Crippen LogP contribution in [-0.4, -0.2) is 29.6 Å². The van der Waals surface area contributed by atoms with Gasteiger partial charge >= 0.3 is 0 Å². The number of carbonyl (C=O) groups excluding carboxylic acids is 1. The summed E-state index contributed by atoms with van der Waals surface area (Å²) in [4.78, 5) is 12.3. The predicted octanol–water partition coefficient (Wildman–Crippen LogP) is 4.28. The molecule has 3 heteroatoms. The Labute approximate surface area is 146 Å². The van der Waals surface area contributed by atoms with Crippen LogP contribution in [0, 0.1) is 0 Å². The van der Waals surface area contributed by atoms with Crippen molar-refractivity contribution < 1.29 is 9.90 Å². The van der Waals surface area contributed by atoms with Gasteiger partial charge < -0.3 is 10.4 Å². The summed E-state index contributed by atoms with van der Waals surface area (Å²) in [7, 11) is 0. The lowest BCUT2D eigenvalue weighted by Crippen LogP contribution is -2.22. The van der Waals surface area contributed by atoms with Crippen LogP contribution in [0.4, 0.5) is 0 Å². The number of carbonyl (C=O) groups is 1. The van der Waals surface area contributed by atoms with Crippen molar-refractivity contribution in [2.45, 2.75) is 83.3 Å². The molecule has 2 N–H and O–H groups in total. The van der Waals surface area contributed by atoms with Gasteiger partial charge in [-0.1, -0.05) is 63.3 Å². The van der Waals surface area contributed by atoms with Crippen LogP contribution in [-0.2, 0) is 6.42 Å². The number of benzene rings is 1. The van der Waals surface area contributed by atoms with Gasteiger partial charge in [-0.2, -0.15) is 0 Å². The van der Waals surface area contributed by atoms with Crippen molar-refractivity contribution in [3.05, 3.63) is 35.4 Å². The molecule has 1 aliphatic rings. The quantitative estimate of drug-likeness (QED) is 0.470. The largest absolute Gasteiger partial charge is 0.392 e. The number of aryl methyl sites for hydroxylation is 1. The van der Waals surface area contributed by atoms with Crippen LogP contribution >= 0.6 is 0 Å². The van der Waals surface area contributed by atoms with Crippen molar-refractivity contribution >= 4 is 5.78 Å². The van der Waals surface area contributed by atoms with E-state index in [1.807, 2.05) is 12.1 Å². The summed E-state index contributed by atoms with van der Waals surface area (Å²) in [6.07, 6.45) is 10.9. The Bertz CT molecular complexity index is 483. The summed E-state index contributed by atoms with van der Waals surface area (Å²) in [5.74, 6) is 0.212. The first-order valence-corrected chi connectivity index (χ1v) is 9.72. The van der Waals surface area contributed by atoms with Crippen molar-refractivity contribution in [2.75, 3.05) is 6.54 Å². The van der Waals surface area contributed by atoms with Crippen molar-refractivity contribution in [1.82, 2.24) is 5.32 Å². The van der Waals surface area contributed by atoms with E-state index in [-0.39, 0.29) is 17.9 Å². The van der Waals surface area contributed by atoms with Crippen LogP contribution in [0.5, 0.6) is 0 Å². The molecule has 1 unspecified atom stereocenters. The zero-order chi connectivity index (χ0) is 17.2. The number of Topliss-reactive ketones (excluding diaryl/α,β-unsaturated/α-hetero) is 1. The smallest absolute Gasteiger partial charge is 0.162 e. The highest BCUT2D eigenvalue weighted by molar-refractivity contribution is 5.96. The van der Waals surface area contributed by atoms with Crippen LogP contribution < -0.4 is 5.32 Å². The van der Waals surface area contributed by atoms with Gasteiger partial charge in [0, 0.05) is 24.6 Å². The molecule has 0 bridgehead atoms. The minimum Gasteiger partial charge on any atom is -0.392 e. The molecular formula is C21H33NO2. The molecule has 0 spiro atoms. The Morgan fingerprint density at radius 3 is 2.50 bits per heavy atom. The first-order valence-electron chi connectivity index (χ1n) is 9.72. The maximum atomic E-state index is 12.3. The van der Waals surface area contributed by atoms with E-state index in [9.17, 15) is 9.90 Å². The molecule has 1 saturated heterocycles. The number of nitrogens with one attached hydrogen (secondary N) is 1. The van der Waals surface area contributed by atoms with Gasteiger partial charge in [-0.05, 0) is 31.2 Å². The Balaban J connectivity index is 1.66. The van der Waals surface area contributed by atoms with Crippen LogP contribution in [0.1, 0.15) is 80.6 Å². The molecule has 134 valence electrons. The van der Waals surface area contributed by atoms with Crippen molar-refractivity contribution in [1.29, 1.82) is 0 Å². The Morgan fingerprint density at radius 1 is 1.12 bits per heavy atom. The number of hydrogen-bond donors (Lipinski definition) is 2. The molecule has 1 heterocycles. The number of hydrogen-bond acceptors (Lipinski definition) is 3. The molecule has 1 fully saturated rings. The SMILES string of the molecule is CCCCCCCCc1ccc(C(=O)CCC2C[C@@H](O)CN2)cc1. The first kappa shape index (κ1) is 19.1. The number of rotatable bonds is 11. The van der Waals surface area contributed by atoms with Crippen LogP contribution in [0.25, 0.3) is 0 Å². The Hall–Kier alpha value is -1.19. The lowest BCUT2D eigenvalue weighted by Gasteiger charge is -2.09. The number of unbranched alkanes of at least 4 members (excludes halogenated alkanes) is 5. The zero-order valence-corrected chi connectivity index (χ0v) is 15.1. The molecule has 1 aliphatic heterocycles. The van der Waals surface area contributed by atoms with Gasteiger partial charge in [0.15, 0.2) is 5.78 Å². The van der Waals surface area contributed by atoms with Crippen LogP contribution in [0.2, 0.25) is 0 Å². The highest BCUT2D eigenvalue weighted by Gasteiger charge is 2.22. The lowest BCUT2D eigenvalue weighted by atomic mass is 9.99. The summed E-state index contributed by atoms with van der Waals surface area (Å²) in [5, 5.41) is 12.8. The van der Waals surface area contributed by atoms with Crippen LogP contribution in [0.15, 0.2) is 24.3 Å². The molecule has 0 saturated carbocycles. The predicted molar refractivity (Wildman–Crippen MR) is 99.5 cm³/mol. The standard InChI is InChI=1S/C21H33NO2/c1-2-3-4-5-6-7-8-17-9-11-18(12-10-17)21(24)14-13-19-15-20(23)16-22-19/h9-12,19-20,22-23H,2-8,13-16H2,1H3/t19?,20-/m1/s1. The molecule has 2 rings (SSSR count). The summed E-state index contributed by atoms with van der Waals surface area (Å²) in [6, 6.07) is 8.46. The van der Waals surface area contributed by atoms with Gasteiger partial charge in [0.1, 0.15) is 0 Å². The van der Waals surface area contributed by atoms with E-state index in [2.05, 4.69) is 24.4 Å². The minimum atomic E-state index is -0.244. The van der Waals surface area contributed by atoms with E-state index >= 15 is 0 Å². The van der Waals surface area contributed by atoms with E-state index in [4.69, 9.17) is 0 Å². The fourth-order valence-electron chi connectivity index (χ4n) is 3.43. The first-order chi connectivity index (χ1) is 11.7. The van der Waals surface area contributed by atoms with E-state index < -0.39 is 0 Å². The van der Waals surface area contributed by atoms with E-state index in [0.717, 1.165) is 24.8 Å². The highest BCUT2D eigenvalue weighted by Crippen LogP contribution is 2.16. The lowest BCUT2D eigenvalue weighted by molar-refractivity contribution is 0.0975. The van der Waals surface area contributed by atoms with Crippen molar-refractivity contribution in [2.24, 2.45) is 0 Å². The molecule has 24 heavy (non-hydrogen) atoms. The average molecular weight is 332 g/mol. The minimum absolute atomic E-state index is 0.212. The highest BCUT2D eigenvalue weighted by atomic mass is 16.3. The number of aliphatic hydroxyl groups excluding tert-OH is 1. The normalized spacial score (nSPS) is 20.4. The Morgan fingerprint density at radius 2 is 1.83 bits per heavy atom. The fourth-order valence-corrected chi connectivity index (χ4v) is 3.43. The molecule has 0 aliphatic carbocycles. The number of ketones is 1. The monoisotopic (exact) mass is 331 g/mol. The maximum absolute atomic E-state index is 12.3. The molecule has 0 aromatic heterocycles. The average Bonchev–Trinajstić information content (AvgIpc) is 3.02. The molecule has 1 aromatic rings. The van der Waals surface area contributed by atoms with Crippen molar-refractivity contribution in [3.63, 3.8) is 0 Å². The van der Waals surface area contributed by atoms with E-state index in [0.29, 0.717) is 13.0 Å². The third-order valence-corrected chi connectivity index (χ3v) is 5.01. The fraction of sp³-hybridized carbons (Fsp3) is 0.667. The van der Waals surface area contributed by atoms with Crippen molar-refractivity contribution in [3.8, 4) is 0 Å². The number of aliphatic hydroxyl groups is 1. The van der Waals surface area contributed by atoms with E-state index in [1.165, 1.54) is 44.1 Å². The second-order valence-electron chi connectivity index (χ2n) is 7.17. The maximum Gasteiger partial charge on any atom is 0.162 e. The molecule has 1 aromatic carbocycles. The number of β-amino-alcohol motifs (C(OH)–C–C–N with tert-alkyl or cyclic N) is 1. The molecule has 2 atom stereocenters. The second-order valence-corrected chi connectivity index (χ2v) is 7.17. The summed E-state index contributed by atoms with van der Waals surface area (Å²) in [5.41, 5.74) is 2.16. The van der Waals surface area contributed by atoms with Gasteiger partial charge in [0.25, 0.3) is 0 Å². The molecular weight excluding hydrogens is 298 g/mol. The molecule has 3 nitrogen and oxygen atoms in total. The van der Waals surface area contributed by atoms with Crippen LogP contribution in [0.3, 0.4) is 0 Å². The molecule has 0 radical (unpaired) electrons. The second kappa shape index (κ2) is 10.6. The van der Waals surface area contributed by atoms with Gasteiger partial charge in [-0.25, -0.2) is 0 Å².